The molecule has 3 N–H and O–H groups in total. The molecule has 0 aromatic heterocycles. The van der Waals surface area contributed by atoms with E-state index in [2.05, 4.69) is 5.32 Å². The molecule has 1 fully saturated rings. The van der Waals surface area contributed by atoms with Crippen LogP contribution in [0, 0.1) is 11.8 Å². The minimum atomic E-state index is -0.438. The van der Waals surface area contributed by atoms with Gasteiger partial charge in [0.15, 0.2) is 5.96 Å². The van der Waals surface area contributed by atoms with E-state index in [-0.39, 0.29) is 41.7 Å². The lowest BCUT2D eigenvalue weighted by Crippen LogP contribution is -2.56. The van der Waals surface area contributed by atoms with Crippen LogP contribution in [0.1, 0.15) is 77.8 Å². The van der Waals surface area contributed by atoms with Crippen LogP contribution >= 0.6 is 11.6 Å². The second kappa shape index (κ2) is 10.2. The highest BCUT2D eigenvalue weighted by Crippen LogP contribution is 2.48. The van der Waals surface area contributed by atoms with Gasteiger partial charge < -0.3 is 20.5 Å². The number of fused-ring (bicyclic) bond motifs is 1. The lowest BCUT2D eigenvalue weighted by Gasteiger charge is -2.40. The summed E-state index contributed by atoms with van der Waals surface area (Å²) in [5.41, 5.74) is 6.33. The molecule has 2 amide bonds. The summed E-state index contributed by atoms with van der Waals surface area (Å²) in [6.07, 6.45) is 3.74. The van der Waals surface area contributed by atoms with E-state index in [1.54, 1.807) is 12.0 Å². The van der Waals surface area contributed by atoms with Gasteiger partial charge in [-0.2, -0.15) is 0 Å². The minimum absolute atomic E-state index is 0.00725. The van der Waals surface area contributed by atoms with Crippen molar-refractivity contribution in [2.75, 3.05) is 13.7 Å². The van der Waals surface area contributed by atoms with Crippen molar-refractivity contribution in [2.45, 2.75) is 89.4 Å². The molecule has 1 unspecified atom stereocenters. The van der Waals surface area contributed by atoms with Gasteiger partial charge in [0, 0.05) is 42.7 Å². The number of aliphatic imine (C=N–C) groups is 1. The maximum Gasteiger partial charge on any atom is 0.231 e. The number of benzene rings is 1. The number of hydrogen-bond acceptors (Lipinski definition) is 6. The molecule has 0 bridgehead atoms. The summed E-state index contributed by atoms with van der Waals surface area (Å²) < 4.78 is 11.4. The number of guanidine groups is 1. The monoisotopic (exact) mass is 518 g/mol. The van der Waals surface area contributed by atoms with E-state index in [0.717, 1.165) is 18.4 Å². The van der Waals surface area contributed by atoms with Gasteiger partial charge in [-0.3, -0.25) is 14.5 Å². The van der Waals surface area contributed by atoms with Crippen LogP contribution < -0.4 is 15.8 Å². The topological polar surface area (TPSA) is 106 Å². The Bertz CT molecular complexity index is 1040. The molecular formula is C27H39ClN4O4. The maximum atomic E-state index is 13.4. The number of rotatable bonds is 9. The Kier molecular flexibility index (Phi) is 7.58. The number of amides is 2. The third-order valence-electron chi connectivity index (χ3n) is 8.04. The minimum Gasteiger partial charge on any atom is -0.487 e. The largest absolute Gasteiger partial charge is 0.487 e. The number of nitrogens with one attached hydrogen (secondary N) is 1. The second-order valence-corrected chi connectivity index (χ2v) is 11.4. The first kappa shape index (κ1) is 26.7. The molecule has 8 nitrogen and oxygen atoms in total. The molecule has 1 aliphatic carbocycles. The van der Waals surface area contributed by atoms with Gasteiger partial charge in [-0.15, -0.1) is 0 Å². The van der Waals surface area contributed by atoms with Crippen LogP contribution in [0.15, 0.2) is 23.2 Å². The zero-order valence-electron chi connectivity index (χ0n) is 22.0. The van der Waals surface area contributed by atoms with Crippen molar-refractivity contribution in [1.29, 1.82) is 0 Å². The smallest absolute Gasteiger partial charge is 0.231 e. The molecule has 0 radical (unpaired) electrons. The highest BCUT2D eigenvalue weighted by atomic mass is 35.5. The Morgan fingerprint density at radius 2 is 2.08 bits per heavy atom. The van der Waals surface area contributed by atoms with E-state index >= 15 is 0 Å². The van der Waals surface area contributed by atoms with Gasteiger partial charge in [-0.05, 0) is 57.6 Å². The summed E-state index contributed by atoms with van der Waals surface area (Å²) in [5, 5.41) is 3.81. The summed E-state index contributed by atoms with van der Waals surface area (Å²) >= 11 is 6.51. The van der Waals surface area contributed by atoms with E-state index < -0.39 is 11.1 Å². The first-order chi connectivity index (χ1) is 17.0. The summed E-state index contributed by atoms with van der Waals surface area (Å²) in [6.45, 7) is 8.56. The number of hydrogen-bond donors (Lipinski definition) is 2. The molecule has 198 valence electrons. The lowest BCUT2D eigenvalue weighted by atomic mass is 9.87. The summed E-state index contributed by atoms with van der Waals surface area (Å²) in [6, 6.07) is 5.08. The van der Waals surface area contributed by atoms with Crippen molar-refractivity contribution in [3.63, 3.8) is 0 Å². The fourth-order valence-corrected chi connectivity index (χ4v) is 6.14. The molecule has 9 heteroatoms. The second-order valence-electron chi connectivity index (χ2n) is 11.0. The van der Waals surface area contributed by atoms with Gasteiger partial charge in [0.05, 0.1) is 18.0 Å². The van der Waals surface area contributed by atoms with E-state index in [4.69, 9.17) is 31.8 Å². The normalized spacial score (nSPS) is 26.9. The van der Waals surface area contributed by atoms with Crippen LogP contribution in [0.25, 0.3) is 0 Å². The van der Waals surface area contributed by atoms with Gasteiger partial charge in [-0.25, -0.2) is 4.99 Å². The number of nitrogens with zero attached hydrogens (tertiary/aromatic N) is 2. The van der Waals surface area contributed by atoms with Gasteiger partial charge in [0.1, 0.15) is 11.4 Å². The van der Waals surface area contributed by atoms with Crippen LogP contribution in [0.5, 0.6) is 5.75 Å². The molecule has 1 aromatic carbocycles. The lowest BCUT2D eigenvalue weighted by molar-refractivity contribution is -0.133. The number of halogens is 1. The summed E-state index contributed by atoms with van der Waals surface area (Å²) in [7, 11) is 1.64. The van der Waals surface area contributed by atoms with Crippen LogP contribution in [-0.4, -0.2) is 53.6 Å². The number of ether oxygens (including phenoxy) is 2. The average molecular weight is 519 g/mol. The summed E-state index contributed by atoms with van der Waals surface area (Å²) in [4.78, 5) is 33.1. The fraction of sp³-hybridized carbons (Fsp3) is 0.667. The molecule has 0 spiro atoms. The molecule has 0 saturated heterocycles. The molecule has 36 heavy (non-hydrogen) atoms. The molecule has 2 heterocycles. The highest BCUT2D eigenvalue weighted by molar-refractivity contribution is 6.31. The predicted molar refractivity (Wildman–Crippen MR) is 140 cm³/mol. The van der Waals surface area contributed by atoms with Crippen molar-refractivity contribution in [3.05, 3.63) is 28.8 Å². The van der Waals surface area contributed by atoms with Crippen molar-refractivity contribution in [2.24, 2.45) is 22.6 Å². The Hall–Kier alpha value is -2.32. The molecule has 3 aliphatic rings. The molecule has 1 saturated carbocycles. The Morgan fingerprint density at radius 1 is 1.36 bits per heavy atom. The third-order valence-corrected chi connectivity index (χ3v) is 8.37. The Balaban J connectivity index is 1.52. The van der Waals surface area contributed by atoms with E-state index in [9.17, 15) is 9.59 Å². The predicted octanol–water partition coefficient (Wildman–Crippen LogP) is 4.21. The van der Waals surface area contributed by atoms with Crippen molar-refractivity contribution >= 4 is 29.4 Å². The number of carbonyl (C=O) groups excluding carboxylic acids is 2. The third kappa shape index (κ3) is 5.21. The Morgan fingerprint density at radius 3 is 2.72 bits per heavy atom. The maximum absolute atomic E-state index is 13.4. The van der Waals surface area contributed by atoms with Gasteiger partial charge >= 0.3 is 0 Å². The SMILES string of the molecule is CCC1(CC)CC(=O)N([C@H](CCOC)[C@@H]2C[C@H]2C(=O)NC2CC(C)(C)Oc3cccc(Cl)c32)C(N)=N1. The van der Waals surface area contributed by atoms with E-state index in [0.29, 0.717) is 43.1 Å². The van der Waals surface area contributed by atoms with Gasteiger partial charge in [0.2, 0.25) is 11.8 Å². The fourth-order valence-electron chi connectivity index (χ4n) is 5.84. The quantitative estimate of drug-likeness (QED) is 0.509. The number of nitrogens with two attached hydrogens (primary N) is 1. The molecule has 2 aliphatic heterocycles. The van der Waals surface area contributed by atoms with Crippen LogP contribution in [0.3, 0.4) is 0 Å². The molecule has 1 aromatic rings. The van der Waals surface area contributed by atoms with E-state index in [1.165, 1.54) is 0 Å². The van der Waals surface area contributed by atoms with Crippen molar-refractivity contribution in [1.82, 2.24) is 10.2 Å². The first-order valence-electron chi connectivity index (χ1n) is 13.0. The number of carbonyl (C=O) groups is 2. The number of methoxy groups -OCH3 is 1. The van der Waals surface area contributed by atoms with Gasteiger partial charge in [-0.1, -0.05) is 31.5 Å². The van der Waals surface area contributed by atoms with Crippen molar-refractivity contribution in [3.8, 4) is 5.75 Å². The van der Waals surface area contributed by atoms with Crippen LogP contribution in [-0.2, 0) is 14.3 Å². The zero-order valence-corrected chi connectivity index (χ0v) is 22.7. The molecular weight excluding hydrogens is 480 g/mol. The van der Waals surface area contributed by atoms with Crippen LogP contribution in [0.4, 0.5) is 0 Å². The zero-order chi connectivity index (χ0) is 26.3. The first-order valence-corrected chi connectivity index (χ1v) is 13.4. The average Bonchev–Trinajstić information content (AvgIpc) is 3.60. The summed E-state index contributed by atoms with van der Waals surface area (Å²) in [5.74, 6) is 0.680. The molecule has 4 atom stereocenters. The van der Waals surface area contributed by atoms with Crippen molar-refractivity contribution < 1.29 is 19.1 Å². The highest BCUT2D eigenvalue weighted by Gasteiger charge is 2.53. The standard InChI is InChI=1S/C27H39ClN4O4/c1-6-27(7-2)15-22(33)32(25(29)31-27)20(11-12-35-5)16-13-17(16)24(34)30-19-14-26(3,4)36-21-10-8-9-18(28)23(19)21/h8-10,16-17,19-20H,6-7,11-15H2,1-5H3,(H2,29,31)(H,30,34)/t16-,17-,19?,20-/m1/s1. The van der Waals surface area contributed by atoms with Crippen LogP contribution in [0.2, 0.25) is 5.02 Å². The Labute approximate surface area is 218 Å². The molecule has 4 rings (SSSR count). The van der Waals surface area contributed by atoms with E-state index in [1.807, 2.05) is 45.9 Å². The van der Waals surface area contributed by atoms with Gasteiger partial charge in [0.25, 0.3) is 0 Å².